The van der Waals surface area contributed by atoms with Crippen LogP contribution in [0.3, 0.4) is 0 Å². The van der Waals surface area contributed by atoms with Gasteiger partial charge < -0.3 is 10.1 Å². The zero-order chi connectivity index (χ0) is 22.3. The van der Waals surface area contributed by atoms with Gasteiger partial charge in [0.25, 0.3) is 5.91 Å². The molecule has 1 atom stereocenters. The summed E-state index contributed by atoms with van der Waals surface area (Å²) >= 11 is 1.43. The van der Waals surface area contributed by atoms with E-state index in [4.69, 9.17) is 4.74 Å². The Morgan fingerprint density at radius 3 is 2.72 bits per heavy atom. The highest BCUT2D eigenvalue weighted by Gasteiger charge is 2.57. The molecule has 2 amide bonds. The highest BCUT2D eigenvalue weighted by Crippen LogP contribution is 2.56. The third kappa shape index (κ3) is 3.25. The van der Waals surface area contributed by atoms with Crippen molar-refractivity contribution in [2.24, 2.45) is 0 Å². The summed E-state index contributed by atoms with van der Waals surface area (Å²) in [5.74, 6) is -0.731. The Bertz CT molecular complexity index is 1220. The number of anilines is 2. The van der Waals surface area contributed by atoms with E-state index in [9.17, 15) is 14.4 Å². The summed E-state index contributed by atoms with van der Waals surface area (Å²) in [6.07, 6.45) is 2.47. The molecule has 1 N–H and O–H groups in total. The van der Waals surface area contributed by atoms with Crippen molar-refractivity contribution in [3.8, 4) is 5.69 Å². The van der Waals surface area contributed by atoms with Crippen LogP contribution in [0.15, 0.2) is 65.7 Å². The molecule has 0 saturated carbocycles. The Hall–Kier alpha value is -3.59. The molecule has 2 aromatic carbocycles. The van der Waals surface area contributed by atoms with Gasteiger partial charge in [-0.05, 0) is 55.8 Å². The molecule has 0 aliphatic carbocycles. The lowest BCUT2D eigenvalue weighted by Gasteiger charge is -2.29. The average molecular weight is 449 g/mol. The van der Waals surface area contributed by atoms with Gasteiger partial charge in [0.05, 0.1) is 18.0 Å². The summed E-state index contributed by atoms with van der Waals surface area (Å²) in [7, 11) is 0. The van der Waals surface area contributed by atoms with Gasteiger partial charge in [-0.1, -0.05) is 23.9 Å². The van der Waals surface area contributed by atoms with Crippen molar-refractivity contribution in [3.05, 3.63) is 66.5 Å². The van der Waals surface area contributed by atoms with Gasteiger partial charge in [-0.2, -0.15) is 5.10 Å². The van der Waals surface area contributed by atoms with E-state index >= 15 is 0 Å². The van der Waals surface area contributed by atoms with Crippen LogP contribution in [-0.2, 0) is 14.3 Å². The summed E-state index contributed by atoms with van der Waals surface area (Å²) < 4.78 is 6.53. The van der Waals surface area contributed by atoms with Crippen LogP contribution in [0.5, 0.6) is 0 Å². The van der Waals surface area contributed by atoms with Gasteiger partial charge in [0.2, 0.25) is 5.91 Å². The quantitative estimate of drug-likeness (QED) is 0.600. The number of aromatic nitrogens is 2. The van der Waals surface area contributed by atoms with Crippen molar-refractivity contribution in [2.75, 3.05) is 16.8 Å². The number of hydrogen-bond acceptors (Lipinski definition) is 6. The molecular formula is C23H20N4O4S. The summed E-state index contributed by atoms with van der Waals surface area (Å²) in [5, 5.41) is 7.20. The Morgan fingerprint density at radius 2 is 1.94 bits per heavy atom. The molecule has 8 nitrogen and oxygen atoms in total. The second-order valence-corrected chi connectivity index (χ2v) is 8.77. The number of nitrogens with zero attached hydrogens (tertiary/aromatic N) is 3. The van der Waals surface area contributed by atoms with Crippen LogP contribution >= 0.6 is 11.8 Å². The van der Waals surface area contributed by atoms with Crippen LogP contribution in [0, 0.1) is 0 Å². The van der Waals surface area contributed by atoms with E-state index in [0.717, 1.165) is 16.3 Å². The number of ether oxygens (including phenoxy) is 1. The Kier molecular flexibility index (Phi) is 4.97. The first-order valence-electron chi connectivity index (χ1n) is 10.3. The highest BCUT2D eigenvalue weighted by molar-refractivity contribution is 8.02. The summed E-state index contributed by atoms with van der Waals surface area (Å²) in [4.78, 5) is 39.3. The lowest BCUT2D eigenvalue weighted by Crippen LogP contribution is -2.49. The molecule has 3 aromatic rings. The van der Waals surface area contributed by atoms with Gasteiger partial charge in [0, 0.05) is 23.2 Å². The molecule has 0 bridgehead atoms. The fraction of sp³-hybridized carbons (Fsp3) is 0.217. The van der Waals surface area contributed by atoms with Crippen molar-refractivity contribution in [1.29, 1.82) is 0 Å². The van der Waals surface area contributed by atoms with Crippen LogP contribution in [0.25, 0.3) is 5.69 Å². The number of para-hydroxylation sites is 1. The first-order chi connectivity index (χ1) is 15.5. The number of esters is 1. The molecule has 1 unspecified atom stereocenters. The third-order valence-electron chi connectivity index (χ3n) is 5.49. The predicted octanol–water partition coefficient (Wildman–Crippen LogP) is 3.62. The number of hydrogen-bond donors (Lipinski definition) is 1. The number of rotatable bonds is 5. The largest absolute Gasteiger partial charge is 0.461 e. The normalized spacial score (nSPS) is 18.9. The van der Waals surface area contributed by atoms with E-state index in [-0.39, 0.29) is 24.1 Å². The number of thioether (sulfide) groups is 1. The molecule has 0 spiro atoms. The fourth-order valence-electron chi connectivity index (χ4n) is 4.01. The lowest BCUT2D eigenvalue weighted by molar-refractivity contribution is -0.121. The summed E-state index contributed by atoms with van der Waals surface area (Å²) in [6, 6.07) is 16.3. The van der Waals surface area contributed by atoms with Crippen LogP contribution in [-0.4, -0.2) is 39.0 Å². The minimum atomic E-state index is -0.962. The summed E-state index contributed by atoms with van der Waals surface area (Å²) in [6.45, 7) is 2.03. The van der Waals surface area contributed by atoms with Gasteiger partial charge >= 0.3 is 5.97 Å². The first kappa shape index (κ1) is 20.3. The molecular weight excluding hydrogens is 428 g/mol. The van der Waals surface area contributed by atoms with E-state index in [1.54, 1.807) is 53.0 Å². The molecule has 0 radical (unpaired) electrons. The molecule has 9 heteroatoms. The van der Waals surface area contributed by atoms with Gasteiger partial charge in [-0.3, -0.25) is 14.5 Å². The van der Waals surface area contributed by atoms with Crippen LogP contribution < -0.4 is 10.2 Å². The molecule has 1 fully saturated rings. The fourth-order valence-corrected chi connectivity index (χ4v) is 5.42. The molecule has 1 saturated heterocycles. The molecule has 1 aromatic heterocycles. The van der Waals surface area contributed by atoms with Crippen molar-refractivity contribution in [3.63, 3.8) is 0 Å². The standard InChI is InChI=1S/C23H20N4O4S/c1-2-31-21(29)17-12-14-26(25-17)16-9-7-15(8-10-16)24-22(30)23-13-11-20(28)27(23)18-5-3-4-6-19(18)32-23/h3-10,12,14H,2,11,13H2,1H3,(H,24,30). The monoisotopic (exact) mass is 448 g/mol. The SMILES string of the molecule is CCOC(=O)c1ccn(-c2ccc(NC(=O)C34CCC(=O)N3c3ccccc3S4)cc2)n1. The van der Waals surface area contributed by atoms with E-state index in [1.165, 1.54) is 11.8 Å². The predicted molar refractivity (Wildman–Crippen MR) is 120 cm³/mol. The van der Waals surface area contributed by atoms with Crippen molar-refractivity contribution < 1.29 is 19.1 Å². The van der Waals surface area contributed by atoms with Crippen molar-refractivity contribution in [1.82, 2.24) is 9.78 Å². The Balaban J connectivity index is 1.34. The van der Waals surface area contributed by atoms with E-state index < -0.39 is 10.8 Å². The van der Waals surface area contributed by atoms with Crippen LogP contribution in [0.1, 0.15) is 30.3 Å². The molecule has 5 rings (SSSR count). The number of carbonyl (C=O) groups excluding carboxylic acids is 3. The molecule has 162 valence electrons. The maximum atomic E-state index is 13.3. The highest BCUT2D eigenvalue weighted by atomic mass is 32.2. The first-order valence-corrected chi connectivity index (χ1v) is 11.1. The van der Waals surface area contributed by atoms with Crippen molar-refractivity contribution >= 4 is 40.9 Å². The van der Waals surface area contributed by atoms with E-state index in [2.05, 4.69) is 10.4 Å². The second kappa shape index (κ2) is 7.83. The number of amides is 2. The molecule has 3 heterocycles. The lowest BCUT2D eigenvalue weighted by atomic mass is 10.1. The molecule has 32 heavy (non-hydrogen) atoms. The average Bonchev–Trinajstić information content (AvgIpc) is 3.49. The smallest absolute Gasteiger partial charge is 0.358 e. The zero-order valence-corrected chi connectivity index (χ0v) is 18.1. The zero-order valence-electron chi connectivity index (χ0n) is 17.3. The van der Waals surface area contributed by atoms with Crippen LogP contribution in [0.2, 0.25) is 0 Å². The number of fused-ring (bicyclic) bond motifs is 3. The minimum Gasteiger partial charge on any atom is -0.461 e. The van der Waals surface area contributed by atoms with Gasteiger partial charge in [0.1, 0.15) is 0 Å². The maximum absolute atomic E-state index is 13.3. The van der Waals surface area contributed by atoms with Gasteiger partial charge in [-0.15, -0.1) is 0 Å². The minimum absolute atomic E-state index is 0.0379. The number of carbonyl (C=O) groups is 3. The number of nitrogens with one attached hydrogen (secondary N) is 1. The number of benzene rings is 2. The molecule has 2 aliphatic rings. The van der Waals surface area contributed by atoms with E-state index in [1.807, 2.05) is 24.3 Å². The topological polar surface area (TPSA) is 93.5 Å². The van der Waals surface area contributed by atoms with Gasteiger partial charge in [-0.25, -0.2) is 9.48 Å². The second-order valence-electron chi connectivity index (χ2n) is 7.45. The van der Waals surface area contributed by atoms with Crippen LogP contribution in [0.4, 0.5) is 11.4 Å². The van der Waals surface area contributed by atoms with Gasteiger partial charge in [0.15, 0.2) is 10.6 Å². The van der Waals surface area contributed by atoms with Crippen molar-refractivity contribution in [2.45, 2.75) is 29.5 Å². The Labute approximate surface area is 188 Å². The maximum Gasteiger partial charge on any atom is 0.358 e. The third-order valence-corrected chi connectivity index (χ3v) is 6.97. The van der Waals surface area contributed by atoms with E-state index in [0.29, 0.717) is 18.5 Å². The molecule has 2 aliphatic heterocycles. The summed E-state index contributed by atoms with van der Waals surface area (Å²) in [5.41, 5.74) is 2.37. The Morgan fingerprint density at radius 1 is 1.16 bits per heavy atom.